The molecule has 2 saturated carbocycles. The zero-order valence-corrected chi connectivity index (χ0v) is 13.6. The fraction of sp³-hybridized carbons (Fsp3) is 0.875. The zero-order chi connectivity index (χ0) is 16.1. The summed E-state index contributed by atoms with van der Waals surface area (Å²) < 4.78 is 21.6. The average Bonchev–Trinajstić information content (AvgIpc) is 2.80. The molecule has 0 aromatic rings. The van der Waals surface area contributed by atoms with Crippen LogP contribution in [0.2, 0.25) is 0 Å². The minimum atomic E-state index is -1.21. The normalized spacial score (nSPS) is 46.3. The van der Waals surface area contributed by atoms with Crippen LogP contribution in [0.25, 0.3) is 0 Å². The first-order valence-electron chi connectivity index (χ1n) is 7.82. The Hall–Kier alpha value is -1.14. The molecule has 3 fully saturated rings. The Bertz CT molecular complexity index is 491. The maximum atomic E-state index is 12.5. The van der Waals surface area contributed by atoms with Crippen molar-refractivity contribution in [2.45, 2.75) is 45.3 Å². The van der Waals surface area contributed by atoms with Crippen LogP contribution < -0.4 is 0 Å². The van der Waals surface area contributed by atoms with E-state index in [-0.39, 0.29) is 30.3 Å². The number of ether oxygens (including phenoxy) is 4. The highest BCUT2D eigenvalue weighted by Crippen LogP contribution is 2.63. The predicted molar refractivity (Wildman–Crippen MR) is 75.7 cm³/mol. The molecule has 2 bridgehead atoms. The Morgan fingerprint density at radius 1 is 1.36 bits per heavy atom. The van der Waals surface area contributed by atoms with Crippen molar-refractivity contribution in [3.05, 3.63) is 0 Å². The quantitative estimate of drug-likeness (QED) is 0.445. The number of rotatable bonds is 4. The van der Waals surface area contributed by atoms with Gasteiger partial charge >= 0.3 is 11.9 Å². The molecule has 3 aliphatic rings. The number of fused-ring (bicyclic) bond motifs is 1. The number of carbonyl (C=O) groups excluding carboxylic acids is 2. The Morgan fingerprint density at radius 3 is 2.73 bits per heavy atom. The van der Waals surface area contributed by atoms with Gasteiger partial charge in [0.25, 0.3) is 0 Å². The third kappa shape index (κ3) is 1.80. The van der Waals surface area contributed by atoms with E-state index in [0.29, 0.717) is 12.3 Å². The second kappa shape index (κ2) is 5.20. The molecule has 3 rings (SSSR count). The SMILES string of the molecule is COCO[C@@H]1[C@H]2[C@H]3C[C@H](C)[C@@]1(C)CC[C@@]2(C(=O)OC)C(=O)O3. The number of esters is 2. The maximum absolute atomic E-state index is 12.5. The maximum Gasteiger partial charge on any atom is 0.324 e. The molecule has 1 heterocycles. The molecule has 124 valence electrons. The molecule has 0 unspecified atom stereocenters. The molecule has 0 spiro atoms. The van der Waals surface area contributed by atoms with Crippen LogP contribution in [0.3, 0.4) is 0 Å². The number of hydrogen-bond acceptors (Lipinski definition) is 6. The van der Waals surface area contributed by atoms with Crippen LogP contribution in [-0.2, 0) is 28.5 Å². The van der Waals surface area contributed by atoms with Crippen molar-refractivity contribution < 1.29 is 28.5 Å². The van der Waals surface area contributed by atoms with E-state index in [1.54, 1.807) is 7.11 Å². The molecule has 6 heteroatoms. The lowest BCUT2D eigenvalue weighted by molar-refractivity contribution is -0.219. The second-order valence-corrected chi connectivity index (χ2v) is 7.07. The van der Waals surface area contributed by atoms with Crippen molar-refractivity contribution in [3.8, 4) is 0 Å². The van der Waals surface area contributed by atoms with Gasteiger partial charge < -0.3 is 18.9 Å². The summed E-state index contributed by atoms with van der Waals surface area (Å²) in [6, 6.07) is 0. The van der Waals surface area contributed by atoms with Gasteiger partial charge in [0, 0.05) is 13.0 Å². The van der Waals surface area contributed by atoms with E-state index in [2.05, 4.69) is 13.8 Å². The Morgan fingerprint density at radius 2 is 2.09 bits per heavy atom. The van der Waals surface area contributed by atoms with Gasteiger partial charge in [0.05, 0.1) is 13.2 Å². The van der Waals surface area contributed by atoms with Crippen LogP contribution in [0.1, 0.15) is 33.1 Å². The van der Waals surface area contributed by atoms with Crippen LogP contribution >= 0.6 is 0 Å². The lowest BCUT2D eigenvalue weighted by atomic mass is 9.49. The second-order valence-electron chi connectivity index (χ2n) is 7.07. The minimum Gasteiger partial charge on any atom is -0.468 e. The van der Waals surface area contributed by atoms with Crippen molar-refractivity contribution in [3.63, 3.8) is 0 Å². The fourth-order valence-corrected chi connectivity index (χ4v) is 4.79. The first-order valence-corrected chi connectivity index (χ1v) is 7.82. The molecule has 0 N–H and O–H groups in total. The Kier molecular flexibility index (Phi) is 3.72. The monoisotopic (exact) mass is 312 g/mol. The lowest BCUT2D eigenvalue weighted by Crippen LogP contribution is -2.62. The zero-order valence-electron chi connectivity index (χ0n) is 13.6. The van der Waals surface area contributed by atoms with Crippen molar-refractivity contribution in [2.24, 2.45) is 22.7 Å². The van der Waals surface area contributed by atoms with E-state index >= 15 is 0 Å². The van der Waals surface area contributed by atoms with Gasteiger partial charge in [-0.05, 0) is 30.6 Å². The van der Waals surface area contributed by atoms with Crippen molar-refractivity contribution in [1.29, 1.82) is 0 Å². The van der Waals surface area contributed by atoms with Crippen LogP contribution in [0.4, 0.5) is 0 Å². The summed E-state index contributed by atoms with van der Waals surface area (Å²) in [7, 11) is 2.89. The number of hydrogen-bond donors (Lipinski definition) is 0. The third-order valence-electron chi connectivity index (χ3n) is 6.25. The van der Waals surface area contributed by atoms with Crippen LogP contribution in [0, 0.1) is 22.7 Å². The summed E-state index contributed by atoms with van der Waals surface area (Å²) in [6.45, 7) is 4.48. The van der Waals surface area contributed by atoms with Gasteiger partial charge in [-0.3, -0.25) is 9.59 Å². The number of carbonyl (C=O) groups is 2. The molecule has 1 saturated heterocycles. The highest BCUT2D eigenvalue weighted by Gasteiger charge is 2.73. The molecule has 6 nitrogen and oxygen atoms in total. The minimum absolute atomic E-state index is 0.0921. The summed E-state index contributed by atoms with van der Waals surface area (Å²) >= 11 is 0. The predicted octanol–water partition coefficient (Wildman–Crippen LogP) is 1.52. The molecule has 0 radical (unpaired) electrons. The topological polar surface area (TPSA) is 71.1 Å². The molecule has 1 aliphatic heterocycles. The van der Waals surface area contributed by atoms with Gasteiger partial charge in [-0.1, -0.05) is 13.8 Å². The summed E-state index contributed by atoms with van der Waals surface area (Å²) in [5, 5.41) is 0. The standard InChI is InChI=1S/C16H24O6/c1-9-7-10-11-12(21-8-19-3)15(9,2)5-6-16(11,13(17)20-4)14(18)22-10/h9-12H,5-8H2,1-4H3/t9-,10+,11+,12+,15+,16+/m0/s1. The van der Waals surface area contributed by atoms with Gasteiger partial charge in [-0.15, -0.1) is 0 Å². The van der Waals surface area contributed by atoms with Crippen molar-refractivity contribution >= 4 is 11.9 Å². The first kappa shape index (κ1) is 15.7. The van der Waals surface area contributed by atoms with E-state index in [0.717, 1.165) is 12.8 Å². The summed E-state index contributed by atoms with van der Waals surface area (Å²) in [5.74, 6) is -0.890. The summed E-state index contributed by atoms with van der Waals surface area (Å²) in [6.07, 6.45) is 1.43. The largest absolute Gasteiger partial charge is 0.468 e. The molecule has 22 heavy (non-hydrogen) atoms. The van der Waals surface area contributed by atoms with Gasteiger partial charge in [-0.25, -0.2) is 0 Å². The molecule has 6 atom stereocenters. The smallest absolute Gasteiger partial charge is 0.324 e. The van der Waals surface area contributed by atoms with Gasteiger partial charge in [0.1, 0.15) is 12.9 Å². The van der Waals surface area contributed by atoms with E-state index in [4.69, 9.17) is 18.9 Å². The molecular weight excluding hydrogens is 288 g/mol. The average molecular weight is 312 g/mol. The van der Waals surface area contributed by atoms with Crippen LogP contribution in [-0.4, -0.2) is 45.2 Å². The van der Waals surface area contributed by atoms with Gasteiger partial charge in [0.15, 0.2) is 5.41 Å². The summed E-state index contributed by atoms with van der Waals surface area (Å²) in [4.78, 5) is 25.0. The summed E-state index contributed by atoms with van der Waals surface area (Å²) in [5.41, 5.74) is -1.30. The van der Waals surface area contributed by atoms with Crippen molar-refractivity contribution in [1.82, 2.24) is 0 Å². The Labute approximate surface area is 130 Å². The molecular formula is C16H24O6. The van der Waals surface area contributed by atoms with Crippen LogP contribution in [0.15, 0.2) is 0 Å². The van der Waals surface area contributed by atoms with Gasteiger partial charge in [-0.2, -0.15) is 0 Å². The van der Waals surface area contributed by atoms with Crippen molar-refractivity contribution in [2.75, 3.05) is 21.0 Å². The lowest BCUT2D eigenvalue weighted by Gasteiger charge is -2.56. The highest BCUT2D eigenvalue weighted by atomic mass is 16.7. The van der Waals surface area contributed by atoms with Crippen LogP contribution in [0.5, 0.6) is 0 Å². The molecule has 0 amide bonds. The van der Waals surface area contributed by atoms with E-state index in [9.17, 15) is 9.59 Å². The third-order valence-corrected chi connectivity index (χ3v) is 6.25. The molecule has 0 aromatic heterocycles. The highest BCUT2D eigenvalue weighted by molar-refractivity contribution is 6.02. The molecule has 0 aromatic carbocycles. The van der Waals surface area contributed by atoms with Gasteiger partial charge in [0.2, 0.25) is 0 Å². The first-order chi connectivity index (χ1) is 10.4. The van der Waals surface area contributed by atoms with E-state index in [1.807, 2.05) is 0 Å². The molecule has 2 aliphatic carbocycles. The van der Waals surface area contributed by atoms with E-state index < -0.39 is 17.4 Å². The van der Waals surface area contributed by atoms with E-state index in [1.165, 1.54) is 7.11 Å². The number of methoxy groups -OCH3 is 2. The fourth-order valence-electron chi connectivity index (χ4n) is 4.79. The Balaban J connectivity index is 2.06.